The molecule has 4 rings (SSSR count). The summed E-state index contributed by atoms with van der Waals surface area (Å²) in [5, 5.41) is 6.64. The zero-order valence-electron chi connectivity index (χ0n) is 17.2. The quantitative estimate of drug-likeness (QED) is 0.405. The summed E-state index contributed by atoms with van der Waals surface area (Å²) in [5.41, 5.74) is 0. The second kappa shape index (κ2) is 10.0. The third-order valence-corrected chi connectivity index (χ3v) is 6.73. The average Bonchev–Trinajstić information content (AvgIpc) is 3.37. The van der Waals surface area contributed by atoms with Gasteiger partial charge in [0.05, 0.1) is 11.8 Å². The molecule has 4 aliphatic rings. The zero-order chi connectivity index (χ0) is 20.1. The molecular weight excluding hydrogens is 372 g/mol. The molecule has 8 heteroatoms. The van der Waals surface area contributed by atoms with Gasteiger partial charge < -0.3 is 20.1 Å². The molecule has 0 spiro atoms. The number of carbonyl (C=O) groups is 2. The van der Waals surface area contributed by atoms with Crippen LogP contribution in [0.4, 0.5) is 0 Å². The lowest BCUT2D eigenvalue weighted by Crippen LogP contribution is -2.45. The smallest absolute Gasteiger partial charge is 0.310 e. The van der Waals surface area contributed by atoms with Crippen LogP contribution >= 0.6 is 0 Å². The van der Waals surface area contributed by atoms with Gasteiger partial charge >= 0.3 is 11.9 Å². The molecule has 3 fully saturated rings. The first-order valence-corrected chi connectivity index (χ1v) is 11.1. The van der Waals surface area contributed by atoms with Crippen molar-refractivity contribution in [3.8, 4) is 0 Å². The zero-order valence-corrected chi connectivity index (χ0v) is 17.2. The predicted molar refractivity (Wildman–Crippen MR) is 108 cm³/mol. The highest BCUT2D eigenvalue weighted by atomic mass is 16.5. The molecule has 162 valence electrons. The third-order valence-electron chi connectivity index (χ3n) is 6.73. The van der Waals surface area contributed by atoms with Gasteiger partial charge in [0, 0.05) is 65.4 Å². The maximum atomic E-state index is 12.8. The monoisotopic (exact) mass is 406 g/mol. The van der Waals surface area contributed by atoms with E-state index in [0.29, 0.717) is 13.2 Å². The molecule has 0 aromatic rings. The van der Waals surface area contributed by atoms with Crippen molar-refractivity contribution < 1.29 is 19.1 Å². The summed E-state index contributed by atoms with van der Waals surface area (Å²) in [6, 6.07) is 0. The molecule has 0 amide bonds. The molecule has 2 N–H and O–H groups in total. The van der Waals surface area contributed by atoms with Gasteiger partial charge in [-0.1, -0.05) is 12.2 Å². The van der Waals surface area contributed by atoms with Gasteiger partial charge in [-0.25, -0.2) is 0 Å². The van der Waals surface area contributed by atoms with E-state index in [1.54, 1.807) is 0 Å². The van der Waals surface area contributed by atoms with Crippen molar-refractivity contribution in [2.75, 3.05) is 78.7 Å². The van der Waals surface area contributed by atoms with Crippen LogP contribution in [-0.4, -0.2) is 100 Å². The Balaban J connectivity index is 1.24. The van der Waals surface area contributed by atoms with Crippen molar-refractivity contribution >= 4 is 11.9 Å². The van der Waals surface area contributed by atoms with E-state index in [4.69, 9.17) is 9.47 Å². The molecule has 4 unspecified atom stereocenters. The van der Waals surface area contributed by atoms with Crippen LogP contribution in [0.3, 0.4) is 0 Å². The van der Waals surface area contributed by atoms with Gasteiger partial charge in [0.25, 0.3) is 0 Å². The van der Waals surface area contributed by atoms with Gasteiger partial charge in [-0.3, -0.25) is 19.4 Å². The van der Waals surface area contributed by atoms with E-state index < -0.39 is 0 Å². The van der Waals surface area contributed by atoms with Gasteiger partial charge in [-0.15, -0.1) is 0 Å². The maximum absolute atomic E-state index is 12.8. The number of carbonyl (C=O) groups excluding carboxylic acids is 2. The van der Waals surface area contributed by atoms with E-state index >= 15 is 0 Å². The number of allylic oxidation sites excluding steroid dienone is 2. The third kappa shape index (κ3) is 5.17. The molecule has 2 bridgehead atoms. The van der Waals surface area contributed by atoms with Gasteiger partial charge in [-0.2, -0.15) is 0 Å². The highest BCUT2D eigenvalue weighted by Gasteiger charge is 2.53. The summed E-state index contributed by atoms with van der Waals surface area (Å²) in [4.78, 5) is 30.2. The number of hydrogen-bond acceptors (Lipinski definition) is 8. The molecule has 0 radical (unpaired) electrons. The van der Waals surface area contributed by atoms with Crippen LogP contribution in [0.25, 0.3) is 0 Å². The Morgan fingerprint density at radius 2 is 1.17 bits per heavy atom. The first-order valence-electron chi connectivity index (χ1n) is 11.1. The van der Waals surface area contributed by atoms with Crippen LogP contribution in [0.1, 0.15) is 6.42 Å². The maximum Gasteiger partial charge on any atom is 0.310 e. The molecule has 0 aromatic carbocycles. The number of piperazine rings is 2. The van der Waals surface area contributed by atoms with Crippen molar-refractivity contribution in [3.05, 3.63) is 12.2 Å². The molecule has 1 saturated carbocycles. The van der Waals surface area contributed by atoms with Gasteiger partial charge in [0.2, 0.25) is 0 Å². The van der Waals surface area contributed by atoms with Crippen LogP contribution in [-0.2, 0) is 19.1 Å². The number of rotatable bonds is 8. The lowest BCUT2D eigenvalue weighted by Gasteiger charge is -2.29. The highest BCUT2D eigenvalue weighted by molar-refractivity contribution is 5.84. The van der Waals surface area contributed by atoms with E-state index in [0.717, 1.165) is 71.9 Å². The average molecular weight is 407 g/mol. The van der Waals surface area contributed by atoms with Crippen LogP contribution in [0.15, 0.2) is 12.2 Å². The summed E-state index contributed by atoms with van der Waals surface area (Å²) in [5.74, 6) is -1.03. The van der Waals surface area contributed by atoms with Crippen molar-refractivity contribution in [1.29, 1.82) is 0 Å². The molecule has 8 nitrogen and oxygen atoms in total. The lowest BCUT2D eigenvalue weighted by molar-refractivity contribution is -0.162. The minimum Gasteiger partial charge on any atom is -0.464 e. The minimum absolute atomic E-state index is 0.109. The van der Waals surface area contributed by atoms with E-state index in [-0.39, 0.29) is 35.6 Å². The summed E-state index contributed by atoms with van der Waals surface area (Å²) < 4.78 is 11.2. The number of nitrogens with zero attached hydrogens (tertiary/aromatic N) is 2. The SMILES string of the molecule is O=C(OCCN1CCNCC1)C1C2C=CC(C2)C1C(=O)OCCN1CCNCC1. The van der Waals surface area contributed by atoms with E-state index in [1.165, 1.54) is 0 Å². The number of ether oxygens (including phenoxy) is 2. The summed E-state index contributed by atoms with van der Waals surface area (Å²) in [6.07, 6.45) is 5.02. The van der Waals surface area contributed by atoms with Crippen molar-refractivity contribution in [1.82, 2.24) is 20.4 Å². The van der Waals surface area contributed by atoms with E-state index in [1.807, 2.05) is 0 Å². The number of nitrogens with one attached hydrogen (secondary N) is 2. The minimum atomic E-state index is -0.389. The summed E-state index contributed by atoms with van der Waals surface area (Å²) >= 11 is 0. The van der Waals surface area contributed by atoms with Crippen LogP contribution < -0.4 is 10.6 Å². The largest absolute Gasteiger partial charge is 0.464 e. The fraction of sp³-hybridized carbons (Fsp3) is 0.810. The number of fused-ring (bicyclic) bond motifs is 2. The topological polar surface area (TPSA) is 83.1 Å². The van der Waals surface area contributed by atoms with Crippen LogP contribution in [0, 0.1) is 23.7 Å². The first kappa shape index (κ1) is 20.8. The Kier molecular flexibility index (Phi) is 7.18. The van der Waals surface area contributed by atoms with Gasteiger partial charge in [0.1, 0.15) is 13.2 Å². The van der Waals surface area contributed by atoms with Crippen molar-refractivity contribution in [2.45, 2.75) is 6.42 Å². The molecule has 0 aromatic heterocycles. The fourth-order valence-corrected chi connectivity index (χ4v) is 5.08. The molecule has 2 aliphatic carbocycles. The summed E-state index contributed by atoms with van der Waals surface area (Å²) in [6.45, 7) is 10.1. The predicted octanol–water partition coefficient (Wildman–Crippen LogP) is -0.678. The van der Waals surface area contributed by atoms with Crippen LogP contribution in [0.5, 0.6) is 0 Å². The molecule has 29 heavy (non-hydrogen) atoms. The molecule has 2 saturated heterocycles. The Morgan fingerprint density at radius 3 is 1.59 bits per heavy atom. The highest BCUT2D eigenvalue weighted by Crippen LogP contribution is 2.49. The number of esters is 2. The Morgan fingerprint density at radius 1 is 0.759 bits per heavy atom. The Hall–Kier alpha value is -1.48. The normalized spacial score (nSPS) is 32.4. The van der Waals surface area contributed by atoms with E-state index in [2.05, 4.69) is 32.6 Å². The Bertz CT molecular complexity index is 551. The molecule has 4 atom stereocenters. The van der Waals surface area contributed by atoms with Crippen molar-refractivity contribution in [3.63, 3.8) is 0 Å². The van der Waals surface area contributed by atoms with Crippen LogP contribution in [0.2, 0.25) is 0 Å². The van der Waals surface area contributed by atoms with Gasteiger partial charge in [0.15, 0.2) is 0 Å². The lowest BCUT2D eigenvalue weighted by atomic mass is 9.83. The van der Waals surface area contributed by atoms with E-state index in [9.17, 15) is 9.59 Å². The molecular formula is C21H34N4O4. The van der Waals surface area contributed by atoms with Crippen molar-refractivity contribution in [2.24, 2.45) is 23.7 Å². The Labute approximate surface area is 172 Å². The van der Waals surface area contributed by atoms with Gasteiger partial charge in [-0.05, 0) is 18.3 Å². The molecule has 2 aliphatic heterocycles. The number of hydrogen-bond donors (Lipinski definition) is 2. The molecule has 2 heterocycles. The fourth-order valence-electron chi connectivity index (χ4n) is 5.08. The first-order chi connectivity index (χ1) is 14.2. The second-order valence-corrected chi connectivity index (χ2v) is 8.52. The standard InChI is InChI=1S/C21H34N4O4/c26-20(28-13-11-24-7-3-22-4-8-24)18-16-1-2-17(15-16)19(18)21(27)29-14-12-25-9-5-23-6-10-25/h1-2,16-19,22-23H,3-15H2. The summed E-state index contributed by atoms with van der Waals surface area (Å²) in [7, 11) is 0. The second-order valence-electron chi connectivity index (χ2n) is 8.52.